The van der Waals surface area contributed by atoms with Crippen molar-refractivity contribution in [1.82, 2.24) is 15.1 Å². The minimum Gasteiger partial charge on any atom is -0.395 e. The number of nitrogens with one attached hydrogen (secondary N) is 1. The lowest BCUT2D eigenvalue weighted by molar-refractivity contribution is -0.145. The fourth-order valence-corrected chi connectivity index (χ4v) is 3.37. The van der Waals surface area contributed by atoms with E-state index in [2.05, 4.69) is 24.1 Å². The number of piperazine rings is 1. The molecule has 0 aliphatic carbocycles. The third kappa shape index (κ3) is 3.51. The number of aliphatic hydroxyl groups excluding tert-OH is 1. The van der Waals surface area contributed by atoms with Crippen molar-refractivity contribution in [3.63, 3.8) is 0 Å². The van der Waals surface area contributed by atoms with E-state index >= 15 is 0 Å². The summed E-state index contributed by atoms with van der Waals surface area (Å²) in [5.41, 5.74) is -0.271. The van der Waals surface area contributed by atoms with Crippen molar-refractivity contribution in [2.45, 2.75) is 26.7 Å². The fraction of sp³-hybridized carbons (Fsp3) is 0.933. The number of nitrogens with zero attached hydrogens (tertiary/aromatic N) is 2. The Morgan fingerprint density at radius 2 is 2.00 bits per heavy atom. The zero-order chi connectivity index (χ0) is 14.6. The Balaban J connectivity index is 1.90. The normalized spacial score (nSPS) is 25.8. The maximum Gasteiger partial charge on any atom is 0.228 e. The van der Waals surface area contributed by atoms with Crippen LogP contribution < -0.4 is 5.32 Å². The molecular formula is C15H29N3O2. The van der Waals surface area contributed by atoms with Crippen LogP contribution in [0.2, 0.25) is 0 Å². The Morgan fingerprint density at radius 1 is 1.30 bits per heavy atom. The van der Waals surface area contributed by atoms with Crippen LogP contribution in [0.1, 0.15) is 26.7 Å². The molecule has 1 amide bonds. The first kappa shape index (κ1) is 15.7. The standard InChI is InChI=1S/C15H29N3O2/c1-15(2,13-4-3-5-16-12-13)14(20)18-8-6-17(7-9-18)10-11-19/h13,16,19H,3-12H2,1-2H3. The van der Waals surface area contributed by atoms with Crippen molar-refractivity contribution in [2.24, 2.45) is 11.3 Å². The van der Waals surface area contributed by atoms with E-state index in [-0.39, 0.29) is 12.0 Å². The minimum atomic E-state index is -0.271. The summed E-state index contributed by atoms with van der Waals surface area (Å²) in [6, 6.07) is 0. The summed E-state index contributed by atoms with van der Waals surface area (Å²) in [6.45, 7) is 10.5. The van der Waals surface area contributed by atoms with E-state index in [1.165, 1.54) is 6.42 Å². The molecule has 2 saturated heterocycles. The number of aliphatic hydroxyl groups is 1. The van der Waals surface area contributed by atoms with E-state index in [1.807, 2.05) is 4.90 Å². The molecule has 1 atom stereocenters. The Hall–Kier alpha value is -0.650. The SMILES string of the molecule is CC(C)(C(=O)N1CCN(CCO)CC1)C1CCCNC1. The molecule has 2 aliphatic rings. The van der Waals surface area contributed by atoms with Crippen molar-refractivity contribution in [3.05, 3.63) is 0 Å². The number of β-amino-alcohol motifs (C(OH)–C–C–N with tert-alkyl or cyclic N) is 1. The maximum atomic E-state index is 12.8. The van der Waals surface area contributed by atoms with E-state index < -0.39 is 0 Å². The molecule has 0 radical (unpaired) electrons. The molecule has 0 aromatic heterocycles. The van der Waals surface area contributed by atoms with Gasteiger partial charge in [0.1, 0.15) is 0 Å². The van der Waals surface area contributed by atoms with Crippen molar-refractivity contribution < 1.29 is 9.90 Å². The maximum absolute atomic E-state index is 12.8. The number of rotatable bonds is 4. The topological polar surface area (TPSA) is 55.8 Å². The van der Waals surface area contributed by atoms with Crippen LogP contribution in [0, 0.1) is 11.3 Å². The third-order valence-electron chi connectivity index (χ3n) is 4.94. The van der Waals surface area contributed by atoms with Gasteiger partial charge in [0.2, 0.25) is 5.91 Å². The van der Waals surface area contributed by atoms with E-state index in [4.69, 9.17) is 5.11 Å². The van der Waals surface area contributed by atoms with Gasteiger partial charge in [0.05, 0.1) is 6.61 Å². The average Bonchev–Trinajstić information content (AvgIpc) is 2.48. The molecule has 2 rings (SSSR count). The van der Waals surface area contributed by atoms with Gasteiger partial charge >= 0.3 is 0 Å². The zero-order valence-corrected chi connectivity index (χ0v) is 12.9. The Bertz CT molecular complexity index is 319. The van der Waals surface area contributed by atoms with Gasteiger partial charge in [-0.25, -0.2) is 0 Å². The third-order valence-corrected chi connectivity index (χ3v) is 4.94. The molecule has 20 heavy (non-hydrogen) atoms. The quantitative estimate of drug-likeness (QED) is 0.771. The minimum absolute atomic E-state index is 0.202. The Kier molecular flexibility index (Phi) is 5.41. The summed E-state index contributed by atoms with van der Waals surface area (Å²) >= 11 is 0. The van der Waals surface area contributed by atoms with Gasteiger partial charge in [0.15, 0.2) is 0 Å². The molecule has 0 saturated carbocycles. The molecule has 2 N–H and O–H groups in total. The van der Waals surface area contributed by atoms with Gasteiger partial charge in [0, 0.05) is 38.1 Å². The predicted molar refractivity (Wildman–Crippen MR) is 79.5 cm³/mol. The van der Waals surface area contributed by atoms with Gasteiger partial charge < -0.3 is 15.3 Å². The summed E-state index contributed by atoms with van der Waals surface area (Å²) < 4.78 is 0. The van der Waals surface area contributed by atoms with Crippen LogP contribution in [-0.2, 0) is 4.79 Å². The molecular weight excluding hydrogens is 254 g/mol. The highest BCUT2D eigenvalue weighted by atomic mass is 16.3. The van der Waals surface area contributed by atoms with Gasteiger partial charge in [-0.1, -0.05) is 13.8 Å². The monoisotopic (exact) mass is 283 g/mol. The number of amides is 1. The van der Waals surface area contributed by atoms with E-state index in [0.29, 0.717) is 11.8 Å². The van der Waals surface area contributed by atoms with E-state index in [0.717, 1.165) is 52.2 Å². The highest BCUT2D eigenvalue weighted by Gasteiger charge is 2.40. The lowest BCUT2D eigenvalue weighted by atomic mass is 9.74. The highest BCUT2D eigenvalue weighted by molar-refractivity contribution is 5.82. The van der Waals surface area contributed by atoms with Crippen LogP contribution in [0.3, 0.4) is 0 Å². The van der Waals surface area contributed by atoms with Crippen molar-refractivity contribution >= 4 is 5.91 Å². The van der Waals surface area contributed by atoms with Crippen LogP contribution >= 0.6 is 0 Å². The van der Waals surface area contributed by atoms with Crippen LogP contribution in [0.15, 0.2) is 0 Å². The summed E-state index contributed by atoms with van der Waals surface area (Å²) in [5.74, 6) is 0.745. The second-order valence-corrected chi connectivity index (χ2v) is 6.62. The van der Waals surface area contributed by atoms with Gasteiger partial charge in [-0.2, -0.15) is 0 Å². The Morgan fingerprint density at radius 3 is 2.55 bits per heavy atom. The first-order chi connectivity index (χ1) is 9.55. The second kappa shape index (κ2) is 6.87. The van der Waals surface area contributed by atoms with Crippen LogP contribution in [0.4, 0.5) is 0 Å². The number of carbonyl (C=O) groups is 1. The smallest absolute Gasteiger partial charge is 0.228 e. The first-order valence-corrected chi connectivity index (χ1v) is 7.89. The summed E-state index contributed by atoms with van der Waals surface area (Å²) in [7, 11) is 0. The van der Waals surface area contributed by atoms with Crippen molar-refractivity contribution in [2.75, 3.05) is 52.4 Å². The molecule has 2 fully saturated rings. The molecule has 2 aliphatic heterocycles. The molecule has 116 valence electrons. The lowest BCUT2D eigenvalue weighted by Gasteiger charge is -2.42. The average molecular weight is 283 g/mol. The van der Waals surface area contributed by atoms with Crippen LogP contribution in [0.5, 0.6) is 0 Å². The van der Waals surface area contributed by atoms with Crippen LogP contribution in [-0.4, -0.2) is 73.2 Å². The van der Waals surface area contributed by atoms with Crippen molar-refractivity contribution in [1.29, 1.82) is 0 Å². The molecule has 2 heterocycles. The molecule has 5 nitrogen and oxygen atoms in total. The first-order valence-electron chi connectivity index (χ1n) is 7.89. The number of piperidine rings is 1. The number of hydrogen-bond acceptors (Lipinski definition) is 4. The number of hydrogen-bond donors (Lipinski definition) is 2. The summed E-state index contributed by atoms with van der Waals surface area (Å²) in [4.78, 5) is 17.1. The lowest BCUT2D eigenvalue weighted by Crippen LogP contribution is -2.55. The fourth-order valence-electron chi connectivity index (χ4n) is 3.37. The second-order valence-electron chi connectivity index (χ2n) is 6.62. The van der Waals surface area contributed by atoms with Crippen molar-refractivity contribution in [3.8, 4) is 0 Å². The predicted octanol–water partition coefficient (Wildman–Crippen LogP) is 0.149. The molecule has 0 bridgehead atoms. The van der Waals surface area contributed by atoms with Gasteiger partial charge in [-0.3, -0.25) is 9.69 Å². The highest BCUT2D eigenvalue weighted by Crippen LogP contribution is 2.33. The zero-order valence-electron chi connectivity index (χ0n) is 12.9. The molecule has 0 aromatic rings. The van der Waals surface area contributed by atoms with Gasteiger partial charge in [-0.05, 0) is 31.8 Å². The molecule has 0 aromatic carbocycles. The largest absolute Gasteiger partial charge is 0.395 e. The molecule has 1 unspecified atom stereocenters. The number of carbonyl (C=O) groups excluding carboxylic acids is 1. The van der Waals surface area contributed by atoms with Gasteiger partial charge in [0.25, 0.3) is 0 Å². The summed E-state index contributed by atoms with van der Waals surface area (Å²) in [6.07, 6.45) is 2.32. The molecule has 0 spiro atoms. The molecule has 5 heteroatoms. The van der Waals surface area contributed by atoms with Crippen LogP contribution in [0.25, 0.3) is 0 Å². The van der Waals surface area contributed by atoms with E-state index in [1.54, 1.807) is 0 Å². The Labute approximate surface area is 122 Å². The van der Waals surface area contributed by atoms with Gasteiger partial charge in [-0.15, -0.1) is 0 Å². The van der Waals surface area contributed by atoms with E-state index in [9.17, 15) is 4.79 Å². The summed E-state index contributed by atoms with van der Waals surface area (Å²) in [5, 5.41) is 12.4.